The van der Waals surface area contributed by atoms with E-state index >= 15 is 0 Å². The Bertz CT molecular complexity index is 507. The molecule has 2 N–H and O–H groups in total. The highest BCUT2D eigenvalue weighted by Gasteiger charge is 2.23. The average Bonchev–Trinajstić information content (AvgIpc) is 2.15. The second kappa shape index (κ2) is 4.48. The SMILES string of the molecule is COc1cc(C(F)F)c(Cl)nc1S(N)(=O)=O. The molecule has 16 heavy (non-hydrogen) atoms. The van der Waals surface area contributed by atoms with E-state index in [0.29, 0.717) is 0 Å². The van der Waals surface area contributed by atoms with Crippen LogP contribution in [0.25, 0.3) is 0 Å². The zero-order chi connectivity index (χ0) is 12.5. The first kappa shape index (κ1) is 13.1. The number of hydrogen-bond donors (Lipinski definition) is 1. The van der Waals surface area contributed by atoms with Gasteiger partial charge in [-0.1, -0.05) is 11.6 Å². The summed E-state index contributed by atoms with van der Waals surface area (Å²) in [6, 6.07) is 0.791. The quantitative estimate of drug-likeness (QED) is 0.842. The van der Waals surface area contributed by atoms with Crippen LogP contribution in [-0.4, -0.2) is 20.5 Å². The van der Waals surface area contributed by atoms with E-state index in [1.165, 1.54) is 0 Å². The number of primary sulfonamides is 1. The summed E-state index contributed by atoms with van der Waals surface area (Å²) >= 11 is 5.39. The fraction of sp³-hybridized carbons (Fsp3) is 0.286. The molecule has 1 aromatic rings. The second-order valence-electron chi connectivity index (χ2n) is 2.72. The molecule has 0 amide bonds. The fourth-order valence-electron chi connectivity index (χ4n) is 0.974. The summed E-state index contributed by atoms with van der Waals surface area (Å²) in [5.41, 5.74) is -0.620. The van der Waals surface area contributed by atoms with Crippen molar-refractivity contribution in [1.29, 1.82) is 0 Å². The van der Waals surface area contributed by atoms with Gasteiger partial charge in [0.25, 0.3) is 16.4 Å². The second-order valence-corrected chi connectivity index (χ2v) is 4.56. The third kappa shape index (κ3) is 2.57. The van der Waals surface area contributed by atoms with Gasteiger partial charge in [0.05, 0.1) is 12.7 Å². The van der Waals surface area contributed by atoms with Gasteiger partial charge in [-0.25, -0.2) is 27.3 Å². The highest BCUT2D eigenvalue weighted by molar-refractivity contribution is 7.89. The van der Waals surface area contributed by atoms with E-state index in [-0.39, 0.29) is 5.75 Å². The van der Waals surface area contributed by atoms with Crippen LogP contribution < -0.4 is 9.88 Å². The van der Waals surface area contributed by atoms with E-state index in [2.05, 4.69) is 9.72 Å². The van der Waals surface area contributed by atoms with E-state index in [0.717, 1.165) is 13.2 Å². The first-order valence-electron chi connectivity index (χ1n) is 3.82. The molecule has 0 spiro atoms. The van der Waals surface area contributed by atoms with Crippen molar-refractivity contribution in [2.75, 3.05) is 7.11 Å². The molecule has 9 heteroatoms. The Balaban J connectivity index is 3.51. The highest BCUT2D eigenvalue weighted by atomic mass is 35.5. The van der Waals surface area contributed by atoms with Crippen molar-refractivity contribution in [1.82, 2.24) is 4.98 Å². The summed E-state index contributed by atoms with van der Waals surface area (Å²) in [6.07, 6.45) is -2.89. The minimum Gasteiger partial charge on any atom is -0.494 e. The van der Waals surface area contributed by atoms with Crippen molar-refractivity contribution in [2.24, 2.45) is 5.14 Å². The number of hydrogen-bond acceptors (Lipinski definition) is 4. The third-order valence-corrected chi connectivity index (χ3v) is 2.79. The molecule has 1 aromatic heterocycles. The van der Waals surface area contributed by atoms with E-state index in [9.17, 15) is 17.2 Å². The predicted molar refractivity (Wildman–Crippen MR) is 52.1 cm³/mol. The van der Waals surface area contributed by atoms with Gasteiger partial charge in [0, 0.05) is 0 Å². The van der Waals surface area contributed by atoms with Gasteiger partial charge in [-0.2, -0.15) is 0 Å². The van der Waals surface area contributed by atoms with Gasteiger partial charge in [0.15, 0.2) is 5.75 Å². The molecule has 0 aliphatic rings. The van der Waals surface area contributed by atoms with Gasteiger partial charge >= 0.3 is 0 Å². The molecule has 0 unspecified atom stereocenters. The zero-order valence-corrected chi connectivity index (χ0v) is 9.52. The fourth-order valence-corrected chi connectivity index (χ4v) is 1.89. The summed E-state index contributed by atoms with van der Waals surface area (Å²) in [6.45, 7) is 0. The summed E-state index contributed by atoms with van der Waals surface area (Å²) in [5, 5.41) is 3.51. The third-order valence-electron chi connectivity index (χ3n) is 1.66. The molecule has 1 rings (SSSR count). The maximum Gasteiger partial charge on any atom is 0.266 e. The van der Waals surface area contributed by atoms with Crippen LogP contribution in [0.2, 0.25) is 5.15 Å². The van der Waals surface area contributed by atoms with Gasteiger partial charge in [0.1, 0.15) is 5.15 Å². The molecule has 0 saturated heterocycles. The maximum atomic E-state index is 12.4. The number of aromatic nitrogens is 1. The molecule has 0 radical (unpaired) electrons. The van der Waals surface area contributed by atoms with Crippen LogP contribution in [0.1, 0.15) is 12.0 Å². The van der Waals surface area contributed by atoms with Gasteiger partial charge in [-0.15, -0.1) is 0 Å². The topological polar surface area (TPSA) is 82.3 Å². The number of halogens is 3. The summed E-state index contributed by atoms with van der Waals surface area (Å²) in [4.78, 5) is 3.28. The van der Waals surface area contributed by atoms with Gasteiger partial charge < -0.3 is 4.74 Å². The van der Waals surface area contributed by atoms with E-state index in [4.69, 9.17) is 16.7 Å². The Kier molecular flexibility index (Phi) is 3.66. The van der Waals surface area contributed by atoms with Crippen LogP contribution in [-0.2, 0) is 10.0 Å². The van der Waals surface area contributed by atoms with Crippen molar-refractivity contribution in [2.45, 2.75) is 11.5 Å². The first-order valence-corrected chi connectivity index (χ1v) is 5.75. The predicted octanol–water partition coefficient (Wildman–Crippen LogP) is 1.33. The van der Waals surface area contributed by atoms with E-state index < -0.39 is 32.2 Å². The lowest BCUT2D eigenvalue weighted by atomic mass is 10.3. The molecule has 0 atom stereocenters. The molecule has 0 aromatic carbocycles. The normalized spacial score (nSPS) is 11.9. The Morgan fingerprint density at radius 1 is 1.56 bits per heavy atom. The first-order chi connectivity index (χ1) is 7.27. The Morgan fingerprint density at radius 3 is 2.50 bits per heavy atom. The number of sulfonamides is 1. The smallest absolute Gasteiger partial charge is 0.266 e. The van der Waals surface area contributed by atoms with Crippen LogP contribution in [0.15, 0.2) is 11.1 Å². The van der Waals surface area contributed by atoms with Crippen LogP contribution in [0.5, 0.6) is 5.75 Å². The van der Waals surface area contributed by atoms with Gasteiger partial charge in [-0.3, -0.25) is 0 Å². The molecule has 90 valence electrons. The molecule has 0 fully saturated rings. The molecule has 0 saturated carbocycles. The average molecular weight is 273 g/mol. The van der Waals surface area contributed by atoms with Crippen molar-refractivity contribution in [3.05, 3.63) is 16.8 Å². The lowest BCUT2D eigenvalue weighted by Crippen LogP contribution is -2.16. The van der Waals surface area contributed by atoms with Gasteiger partial charge in [-0.05, 0) is 6.07 Å². The van der Waals surface area contributed by atoms with E-state index in [1.807, 2.05) is 0 Å². The summed E-state index contributed by atoms with van der Waals surface area (Å²) in [5.74, 6) is -0.373. The number of nitrogens with two attached hydrogens (primary N) is 1. The minimum atomic E-state index is -4.18. The van der Waals surface area contributed by atoms with Crippen LogP contribution in [0.4, 0.5) is 8.78 Å². The molecule has 1 heterocycles. The molecule has 0 aliphatic carbocycles. The highest BCUT2D eigenvalue weighted by Crippen LogP contribution is 2.32. The molecular formula is C7H7ClF2N2O3S. The Labute approximate surface area is 95.2 Å². The van der Waals surface area contributed by atoms with Crippen molar-refractivity contribution in [3.8, 4) is 5.75 Å². The minimum absolute atomic E-state index is 0.373. The summed E-state index contributed by atoms with van der Waals surface area (Å²) < 4.78 is 51.5. The van der Waals surface area contributed by atoms with Crippen molar-refractivity contribution < 1.29 is 21.9 Å². The Morgan fingerprint density at radius 2 is 2.12 bits per heavy atom. The molecule has 0 bridgehead atoms. The number of rotatable bonds is 3. The number of ether oxygens (including phenoxy) is 1. The van der Waals surface area contributed by atoms with Crippen LogP contribution in [0.3, 0.4) is 0 Å². The van der Waals surface area contributed by atoms with Crippen molar-refractivity contribution in [3.63, 3.8) is 0 Å². The number of methoxy groups -OCH3 is 1. The van der Waals surface area contributed by atoms with Crippen LogP contribution >= 0.6 is 11.6 Å². The zero-order valence-electron chi connectivity index (χ0n) is 7.95. The van der Waals surface area contributed by atoms with Gasteiger partial charge in [0.2, 0.25) is 5.03 Å². The van der Waals surface area contributed by atoms with Crippen LogP contribution in [0, 0.1) is 0 Å². The molecular weight excluding hydrogens is 266 g/mol. The van der Waals surface area contributed by atoms with Crippen molar-refractivity contribution >= 4 is 21.6 Å². The standard InChI is InChI=1S/C7H7ClF2N2O3S/c1-15-4-2-3(6(9)10)5(8)12-7(4)16(11,13)14/h2,6H,1H3,(H2,11,13,14). The Hall–Kier alpha value is -0.990. The number of nitrogens with zero attached hydrogens (tertiary/aromatic N) is 1. The monoisotopic (exact) mass is 272 g/mol. The largest absolute Gasteiger partial charge is 0.494 e. The maximum absolute atomic E-state index is 12.4. The number of pyridine rings is 1. The van der Waals surface area contributed by atoms with E-state index in [1.54, 1.807) is 0 Å². The molecule has 5 nitrogen and oxygen atoms in total. The number of alkyl halides is 2. The lowest BCUT2D eigenvalue weighted by molar-refractivity contribution is 0.150. The summed E-state index contributed by atoms with van der Waals surface area (Å²) in [7, 11) is -3.07. The lowest BCUT2D eigenvalue weighted by Gasteiger charge is -2.09. The molecule has 0 aliphatic heterocycles.